The summed E-state index contributed by atoms with van der Waals surface area (Å²) in [7, 11) is -3.23. The van der Waals surface area contributed by atoms with Crippen molar-refractivity contribution in [3.63, 3.8) is 0 Å². The van der Waals surface area contributed by atoms with Gasteiger partial charge in [0.2, 0.25) is 0 Å². The SMILES string of the molecule is CCC[CH2][Sn]([CH2]CCC)([CH2]CCC)[C]1=C(c2ccc(S(C)(=O)=O)cc2)COC1=O. The van der Waals surface area contributed by atoms with E-state index in [9.17, 15) is 13.2 Å². The normalized spacial score (nSPS) is 15.1. The fraction of sp³-hybridized carbons (Fsp3) is 0.609. The Morgan fingerprint density at radius 2 is 1.38 bits per heavy atom. The number of benzene rings is 1. The van der Waals surface area contributed by atoms with E-state index >= 15 is 0 Å². The molecule has 0 bridgehead atoms. The van der Waals surface area contributed by atoms with Gasteiger partial charge in [-0.15, -0.1) is 0 Å². The molecule has 0 atom stereocenters. The van der Waals surface area contributed by atoms with Gasteiger partial charge in [-0.2, -0.15) is 0 Å². The second-order valence-electron chi connectivity index (χ2n) is 8.32. The van der Waals surface area contributed by atoms with Crippen LogP contribution in [0.2, 0.25) is 13.3 Å². The Hall–Kier alpha value is -0.821. The van der Waals surface area contributed by atoms with E-state index in [1.54, 1.807) is 12.1 Å². The third-order valence-corrected chi connectivity index (χ3v) is 22.9. The van der Waals surface area contributed by atoms with Gasteiger partial charge in [-0.05, 0) is 0 Å². The van der Waals surface area contributed by atoms with E-state index in [1.807, 2.05) is 12.1 Å². The Kier molecular flexibility index (Phi) is 9.26. The third kappa shape index (κ3) is 6.09. The van der Waals surface area contributed by atoms with Gasteiger partial charge in [-0.3, -0.25) is 0 Å². The number of sulfone groups is 1. The van der Waals surface area contributed by atoms with Crippen molar-refractivity contribution in [2.45, 2.75) is 77.5 Å². The van der Waals surface area contributed by atoms with Gasteiger partial charge in [0.1, 0.15) is 0 Å². The second-order valence-corrected chi connectivity index (χ2v) is 23.3. The zero-order chi connectivity index (χ0) is 21.5. The minimum absolute atomic E-state index is 0.0914. The van der Waals surface area contributed by atoms with Crippen molar-refractivity contribution < 1.29 is 17.9 Å². The van der Waals surface area contributed by atoms with E-state index in [2.05, 4.69) is 20.8 Å². The Morgan fingerprint density at radius 3 is 1.79 bits per heavy atom. The van der Waals surface area contributed by atoms with Gasteiger partial charge in [-0.25, -0.2) is 0 Å². The van der Waals surface area contributed by atoms with Crippen LogP contribution in [0.3, 0.4) is 0 Å². The van der Waals surface area contributed by atoms with Crippen LogP contribution < -0.4 is 0 Å². The first kappa shape index (κ1) is 24.4. The molecule has 1 aromatic rings. The van der Waals surface area contributed by atoms with E-state index in [4.69, 9.17) is 4.74 Å². The van der Waals surface area contributed by atoms with Gasteiger partial charge >= 0.3 is 181 Å². The van der Waals surface area contributed by atoms with Crippen molar-refractivity contribution in [3.05, 3.63) is 33.4 Å². The molecule has 1 aromatic carbocycles. The number of carbonyl (C=O) groups excluding carboxylic acids is 1. The summed E-state index contributed by atoms with van der Waals surface area (Å²) < 4.78 is 33.9. The molecular formula is C23H36O4SSn. The molecule has 29 heavy (non-hydrogen) atoms. The van der Waals surface area contributed by atoms with Crippen molar-refractivity contribution in [2.75, 3.05) is 12.9 Å². The van der Waals surface area contributed by atoms with Crippen LogP contribution in [0.25, 0.3) is 5.57 Å². The Labute approximate surface area is 180 Å². The van der Waals surface area contributed by atoms with E-state index in [-0.39, 0.29) is 5.97 Å². The quantitative estimate of drug-likeness (QED) is 0.255. The average Bonchev–Trinajstić information content (AvgIpc) is 3.09. The van der Waals surface area contributed by atoms with Crippen molar-refractivity contribution in [2.24, 2.45) is 0 Å². The van der Waals surface area contributed by atoms with Crippen LogP contribution in [-0.4, -0.2) is 45.6 Å². The molecule has 0 saturated heterocycles. The zero-order valence-corrected chi connectivity index (χ0v) is 22.1. The van der Waals surface area contributed by atoms with Crippen molar-refractivity contribution in [1.29, 1.82) is 0 Å². The molecule has 162 valence electrons. The van der Waals surface area contributed by atoms with Crippen molar-refractivity contribution >= 4 is 39.8 Å². The molecule has 4 nitrogen and oxygen atoms in total. The van der Waals surface area contributed by atoms with Crippen LogP contribution in [-0.2, 0) is 19.4 Å². The molecule has 0 N–H and O–H groups in total. The second kappa shape index (κ2) is 11.0. The first-order chi connectivity index (χ1) is 13.8. The maximum absolute atomic E-state index is 13.0. The predicted molar refractivity (Wildman–Crippen MR) is 122 cm³/mol. The van der Waals surface area contributed by atoms with Gasteiger partial charge in [0.15, 0.2) is 0 Å². The third-order valence-electron chi connectivity index (χ3n) is 6.04. The summed E-state index contributed by atoms with van der Waals surface area (Å²) in [5.74, 6) is -0.0914. The molecule has 1 aliphatic heterocycles. The molecule has 0 amide bonds. The molecule has 0 unspecified atom stereocenters. The van der Waals surface area contributed by atoms with E-state index in [1.165, 1.54) is 38.8 Å². The van der Waals surface area contributed by atoms with Gasteiger partial charge in [0.05, 0.1) is 0 Å². The number of rotatable bonds is 12. The van der Waals surface area contributed by atoms with Gasteiger partial charge < -0.3 is 0 Å². The van der Waals surface area contributed by atoms with Crippen LogP contribution in [0, 0.1) is 0 Å². The molecule has 0 spiro atoms. The number of carbonyl (C=O) groups is 1. The summed E-state index contributed by atoms with van der Waals surface area (Å²) in [5.41, 5.74) is 1.98. The molecule has 2 rings (SSSR count). The Balaban J connectivity index is 2.57. The van der Waals surface area contributed by atoms with Crippen LogP contribution in [0.15, 0.2) is 32.7 Å². The molecule has 0 saturated carbocycles. The van der Waals surface area contributed by atoms with Crippen LogP contribution in [0.4, 0.5) is 0 Å². The molecule has 1 aliphatic rings. The predicted octanol–water partition coefficient (Wildman–Crippen LogP) is 5.79. The molecule has 0 radical (unpaired) electrons. The topological polar surface area (TPSA) is 60.4 Å². The summed E-state index contributed by atoms with van der Waals surface area (Å²) in [5, 5.41) is 0. The molecule has 6 heteroatoms. The number of esters is 1. The summed E-state index contributed by atoms with van der Waals surface area (Å²) in [6.07, 6.45) is 8.21. The average molecular weight is 527 g/mol. The molecule has 1 heterocycles. The molecular weight excluding hydrogens is 491 g/mol. The van der Waals surface area contributed by atoms with Gasteiger partial charge in [-0.1, -0.05) is 0 Å². The monoisotopic (exact) mass is 528 g/mol. The van der Waals surface area contributed by atoms with E-state index < -0.39 is 28.2 Å². The van der Waals surface area contributed by atoms with Crippen LogP contribution >= 0.6 is 0 Å². The standard InChI is InChI=1S/C11H9O4S.3C4H9.Sn/c1-16(13,14)10-4-2-8(3-5-10)9-6-11(12)15-7-9;3*1-3-4-2;/h2-5H,7H2,1H3;3*1,3-4H2,2H3;. The number of cyclic esters (lactones) is 1. The van der Waals surface area contributed by atoms with E-state index in [0.717, 1.165) is 34.0 Å². The summed E-state index contributed by atoms with van der Waals surface area (Å²) in [6, 6.07) is 7.01. The molecule has 0 aromatic heterocycles. The zero-order valence-electron chi connectivity index (χ0n) is 18.4. The number of hydrogen-bond acceptors (Lipinski definition) is 4. The minimum atomic E-state index is -3.23. The summed E-state index contributed by atoms with van der Waals surface area (Å²) >= 11 is -2.94. The fourth-order valence-electron chi connectivity index (χ4n) is 4.37. The number of hydrogen-bond donors (Lipinski definition) is 0. The number of ether oxygens (including phenoxy) is 1. The molecule has 0 aliphatic carbocycles. The van der Waals surface area contributed by atoms with Gasteiger partial charge in [0, 0.05) is 0 Å². The summed E-state index contributed by atoms with van der Waals surface area (Å²) in [6.45, 7) is 7.00. The number of unbranched alkanes of at least 4 members (excludes halogenated alkanes) is 3. The first-order valence-corrected chi connectivity index (χ1v) is 20.4. The maximum atomic E-state index is 13.0. The van der Waals surface area contributed by atoms with E-state index in [0.29, 0.717) is 11.5 Å². The molecule has 0 fully saturated rings. The van der Waals surface area contributed by atoms with Crippen LogP contribution in [0.1, 0.15) is 64.9 Å². The first-order valence-electron chi connectivity index (χ1n) is 11.0. The fourth-order valence-corrected chi connectivity index (χ4v) is 22.0. The van der Waals surface area contributed by atoms with Gasteiger partial charge in [0.25, 0.3) is 0 Å². The summed E-state index contributed by atoms with van der Waals surface area (Å²) in [4.78, 5) is 13.3. The van der Waals surface area contributed by atoms with Crippen molar-refractivity contribution in [1.82, 2.24) is 0 Å². The Morgan fingerprint density at radius 1 is 0.897 bits per heavy atom. The van der Waals surface area contributed by atoms with Crippen LogP contribution in [0.5, 0.6) is 0 Å². The van der Waals surface area contributed by atoms with Crippen molar-refractivity contribution in [3.8, 4) is 0 Å². The Bertz CT molecular complexity index is 803.